The van der Waals surface area contributed by atoms with E-state index in [1.165, 1.54) is 0 Å². The molecule has 2 amide bonds. The Labute approximate surface area is 232 Å². The van der Waals surface area contributed by atoms with E-state index in [1.807, 2.05) is 18.7 Å². The van der Waals surface area contributed by atoms with Crippen molar-refractivity contribution in [3.63, 3.8) is 0 Å². The first kappa shape index (κ1) is 29.6. The second-order valence-corrected chi connectivity index (χ2v) is 11.0. The van der Waals surface area contributed by atoms with Crippen LogP contribution in [0, 0.1) is 5.92 Å². The van der Waals surface area contributed by atoms with E-state index >= 15 is 0 Å². The van der Waals surface area contributed by atoms with Gasteiger partial charge in [0.15, 0.2) is 0 Å². The Morgan fingerprint density at radius 2 is 1.68 bits per heavy atom. The van der Waals surface area contributed by atoms with Gasteiger partial charge in [-0.25, -0.2) is 4.98 Å². The highest BCUT2D eigenvalue weighted by Gasteiger charge is 2.39. The van der Waals surface area contributed by atoms with Gasteiger partial charge in [-0.05, 0) is 64.8 Å². The van der Waals surface area contributed by atoms with Crippen LogP contribution in [0.1, 0.15) is 62.9 Å². The number of carbonyl (C=O) groups is 2. The van der Waals surface area contributed by atoms with Gasteiger partial charge in [0.1, 0.15) is 11.4 Å². The van der Waals surface area contributed by atoms with Crippen molar-refractivity contribution in [3.8, 4) is 0 Å². The van der Waals surface area contributed by atoms with Crippen LogP contribution in [0.15, 0.2) is 30.5 Å². The molecular weight excluding hydrogens is 523 g/mol. The third kappa shape index (κ3) is 7.21. The Hall–Kier alpha value is -3.41. The molecule has 0 unspecified atom stereocenters. The lowest BCUT2D eigenvalue weighted by molar-refractivity contribution is -0.137. The lowest BCUT2D eigenvalue weighted by Gasteiger charge is -2.37. The number of halogens is 3. The number of alkyl halides is 3. The molecule has 2 aliphatic rings. The summed E-state index contributed by atoms with van der Waals surface area (Å²) in [6.45, 7) is 10.9. The zero-order chi connectivity index (χ0) is 29.0. The normalized spacial score (nSPS) is 20.2. The molecule has 1 aromatic carbocycles. The first-order valence-corrected chi connectivity index (χ1v) is 13.8. The Bertz CT molecular complexity index is 1180. The first-order valence-electron chi connectivity index (χ1n) is 13.8. The summed E-state index contributed by atoms with van der Waals surface area (Å²) in [4.78, 5) is 37.7. The zero-order valence-electron chi connectivity index (χ0n) is 23.4. The van der Waals surface area contributed by atoms with Crippen molar-refractivity contribution in [2.24, 2.45) is 5.92 Å². The molecule has 218 valence electrons. The molecular formula is C28H38F3N7O2. The number of hydrogen-bond donors (Lipinski definition) is 3. The predicted molar refractivity (Wildman–Crippen MR) is 147 cm³/mol. The minimum absolute atomic E-state index is 0.0273. The number of anilines is 3. The van der Waals surface area contributed by atoms with Crippen molar-refractivity contribution < 1.29 is 22.8 Å². The van der Waals surface area contributed by atoms with Crippen LogP contribution in [0.4, 0.5) is 30.6 Å². The molecule has 2 aromatic rings. The number of nitrogens with one attached hydrogen (secondary N) is 3. The molecule has 4 rings (SSSR count). The van der Waals surface area contributed by atoms with E-state index in [4.69, 9.17) is 0 Å². The number of rotatable bonds is 8. The summed E-state index contributed by atoms with van der Waals surface area (Å²) in [5, 5.41) is 8.68. The van der Waals surface area contributed by atoms with Gasteiger partial charge in [-0.3, -0.25) is 14.5 Å². The molecule has 1 aliphatic carbocycles. The minimum Gasteiger partial charge on any atom is -0.366 e. The first-order chi connectivity index (χ1) is 18.9. The van der Waals surface area contributed by atoms with Gasteiger partial charge in [-0.1, -0.05) is 6.42 Å². The van der Waals surface area contributed by atoms with E-state index < -0.39 is 23.7 Å². The number of amides is 2. The number of piperazine rings is 1. The largest absolute Gasteiger partial charge is 0.421 e. The summed E-state index contributed by atoms with van der Waals surface area (Å²) in [7, 11) is 0. The highest BCUT2D eigenvalue weighted by atomic mass is 19.4. The van der Waals surface area contributed by atoms with Gasteiger partial charge in [0.2, 0.25) is 11.9 Å². The van der Waals surface area contributed by atoms with Crippen LogP contribution in [-0.4, -0.2) is 75.9 Å². The molecule has 1 aromatic heterocycles. The lowest BCUT2D eigenvalue weighted by Crippen LogP contribution is -2.50. The van der Waals surface area contributed by atoms with Gasteiger partial charge in [0.25, 0.3) is 5.91 Å². The van der Waals surface area contributed by atoms with Crippen molar-refractivity contribution in [3.05, 3.63) is 41.6 Å². The van der Waals surface area contributed by atoms with Crippen molar-refractivity contribution in [1.82, 2.24) is 25.1 Å². The van der Waals surface area contributed by atoms with Gasteiger partial charge in [0, 0.05) is 61.8 Å². The Balaban J connectivity index is 1.46. The molecule has 3 N–H and O–H groups in total. The summed E-state index contributed by atoms with van der Waals surface area (Å²) in [6, 6.07) is 6.61. The van der Waals surface area contributed by atoms with Gasteiger partial charge >= 0.3 is 6.18 Å². The van der Waals surface area contributed by atoms with Crippen LogP contribution >= 0.6 is 0 Å². The highest BCUT2D eigenvalue weighted by Crippen LogP contribution is 2.36. The van der Waals surface area contributed by atoms with Crippen molar-refractivity contribution in [2.45, 2.75) is 71.3 Å². The highest BCUT2D eigenvalue weighted by molar-refractivity contribution is 5.94. The summed E-state index contributed by atoms with van der Waals surface area (Å²) in [6.07, 6.45) is -2.05. The van der Waals surface area contributed by atoms with Crippen molar-refractivity contribution in [1.29, 1.82) is 0 Å². The maximum atomic E-state index is 13.8. The molecule has 0 bridgehead atoms. The van der Waals surface area contributed by atoms with E-state index in [0.29, 0.717) is 43.2 Å². The van der Waals surface area contributed by atoms with E-state index in [2.05, 4.69) is 44.7 Å². The van der Waals surface area contributed by atoms with Crippen molar-refractivity contribution >= 4 is 29.3 Å². The number of aromatic nitrogens is 2. The predicted octanol–water partition coefficient (Wildman–Crippen LogP) is 4.51. The molecule has 0 spiro atoms. The van der Waals surface area contributed by atoms with Gasteiger partial charge in [0.05, 0.1) is 5.92 Å². The molecule has 0 radical (unpaired) electrons. The number of hydrogen-bond acceptors (Lipinski definition) is 7. The maximum absolute atomic E-state index is 13.8. The van der Waals surface area contributed by atoms with E-state index in [-0.39, 0.29) is 29.6 Å². The Morgan fingerprint density at radius 3 is 2.27 bits per heavy atom. The second kappa shape index (κ2) is 12.4. The lowest BCUT2D eigenvalue weighted by atomic mass is 10.0. The summed E-state index contributed by atoms with van der Waals surface area (Å²) in [5.74, 6) is -1.08. The summed E-state index contributed by atoms with van der Waals surface area (Å²) < 4.78 is 41.4. The number of nitrogens with zero attached hydrogens (tertiary/aromatic N) is 4. The molecule has 1 saturated carbocycles. The molecule has 2 atom stereocenters. The topological polar surface area (TPSA) is 102 Å². The van der Waals surface area contributed by atoms with Crippen LogP contribution < -0.4 is 16.0 Å². The number of carbonyl (C=O) groups excluding carboxylic acids is 2. The molecule has 40 heavy (non-hydrogen) atoms. The van der Waals surface area contributed by atoms with Crippen LogP contribution in [-0.2, 0) is 11.0 Å². The Kier molecular flexibility index (Phi) is 9.17. The fourth-order valence-corrected chi connectivity index (χ4v) is 5.22. The molecule has 1 aliphatic heterocycles. The van der Waals surface area contributed by atoms with Crippen LogP contribution in [0.3, 0.4) is 0 Å². The molecule has 1 saturated heterocycles. The van der Waals surface area contributed by atoms with E-state index in [0.717, 1.165) is 25.7 Å². The summed E-state index contributed by atoms with van der Waals surface area (Å²) >= 11 is 0. The van der Waals surface area contributed by atoms with Gasteiger partial charge in [-0.2, -0.15) is 18.2 Å². The maximum Gasteiger partial charge on any atom is 0.421 e. The molecule has 12 heteroatoms. The Morgan fingerprint density at radius 1 is 1.00 bits per heavy atom. The fraction of sp³-hybridized carbons (Fsp3) is 0.571. The second-order valence-electron chi connectivity index (χ2n) is 11.0. The average Bonchev–Trinajstić information content (AvgIpc) is 3.36. The SMILES string of the molecule is CC(C)NC(=O)[C@H]1CCC[C@H]1Nc1nc(Nc2ccc(C(=O)N3CCN(C(C)C)CC3)cc2)ncc1C(F)(F)F. The van der Waals surface area contributed by atoms with Crippen LogP contribution in [0.2, 0.25) is 0 Å². The zero-order valence-corrected chi connectivity index (χ0v) is 23.4. The van der Waals surface area contributed by atoms with Crippen LogP contribution in [0.5, 0.6) is 0 Å². The molecule has 9 nitrogen and oxygen atoms in total. The van der Waals surface area contributed by atoms with E-state index in [9.17, 15) is 22.8 Å². The standard InChI is InChI=1S/C28H38F3N7O2/c1-17(2)33-25(39)21-6-5-7-23(21)35-24-22(28(29,30)31)16-32-27(36-24)34-20-10-8-19(9-11-20)26(40)38-14-12-37(13-15-38)18(3)4/h8-11,16-18,21,23H,5-7,12-15H2,1-4H3,(H,33,39)(H2,32,34,35,36)/t21-,23+/m0/s1. The molecule has 2 heterocycles. The summed E-state index contributed by atoms with van der Waals surface area (Å²) in [5.41, 5.74) is 0.0691. The monoisotopic (exact) mass is 561 g/mol. The number of benzene rings is 1. The molecule has 2 fully saturated rings. The quantitative estimate of drug-likeness (QED) is 0.436. The third-order valence-corrected chi connectivity index (χ3v) is 7.42. The fourth-order valence-electron chi connectivity index (χ4n) is 5.22. The smallest absolute Gasteiger partial charge is 0.366 e. The van der Waals surface area contributed by atoms with Gasteiger partial charge in [-0.15, -0.1) is 0 Å². The van der Waals surface area contributed by atoms with Crippen molar-refractivity contribution in [2.75, 3.05) is 36.8 Å². The average molecular weight is 562 g/mol. The minimum atomic E-state index is -4.67. The van der Waals surface area contributed by atoms with Gasteiger partial charge < -0.3 is 20.9 Å². The third-order valence-electron chi connectivity index (χ3n) is 7.42. The van der Waals surface area contributed by atoms with E-state index in [1.54, 1.807) is 24.3 Å². The van der Waals surface area contributed by atoms with Crippen LogP contribution in [0.25, 0.3) is 0 Å².